The zero-order chi connectivity index (χ0) is 18.2. The standard InChI is InChI=1S/C16H30ClN3O3/c1-9-10(2)19-11(3)12(14(17)20-18-7)13(15(21)22-8)23-16(4,5)6/h10,13,18,20H,9H2,1-8H3/b14-12+,19-11?. The van der Waals surface area contributed by atoms with Gasteiger partial charge in [0.1, 0.15) is 5.16 Å². The lowest BCUT2D eigenvalue weighted by atomic mass is 10.0. The summed E-state index contributed by atoms with van der Waals surface area (Å²) in [5.74, 6) is -0.523. The Hall–Kier alpha value is -1.11. The number of nitrogens with zero attached hydrogens (tertiary/aromatic N) is 1. The Bertz CT molecular complexity index is 456. The summed E-state index contributed by atoms with van der Waals surface area (Å²) in [5, 5.41) is 0.247. The molecule has 0 heterocycles. The van der Waals surface area contributed by atoms with Crippen molar-refractivity contribution in [1.82, 2.24) is 10.9 Å². The average Bonchev–Trinajstić information content (AvgIpc) is 2.44. The summed E-state index contributed by atoms with van der Waals surface area (Å²) in [4.78, 5) is 16.8. The minimum Gasteiger partial charge on any atom is -0.467 e. The van der Waals surface area contributed by atoms with E-state index < -0.39 is 17.7 Å². The van der Waals surface area contributed by atoms with Crippen LogP contribution < -0.4 is 10.9 Å². The summed E-state index contributed by atoms with van der Waals surface area (Å²) in [5.41, 5.74) is 6.07. The van der Waals surface area contributed by atoms with Gasteiger partial charge < -0.3 is 14.9 Å². The van der Waals surface area contributed by atoms with Crippen LogP contribution in [-0.4, -0.2) is 43.6 Å². The first-order valence-electron chi connectivity index (χ1n) is 7.70. The van der Waals surface area contributed by atoms with E-state index in [4.69, 9.17) is 21.1 Å². The number of aliphatic imine (C=N–C) groups is 1. The van der Waals surface area contributed by atoms with Crippen molar-refractivity contribution in [3.63, 3.8) is 0 Å². The van der Waals surface area contributed by atoms with E-state index in [2.05, 4.69) is 15.8 Å². The van der Waals surface area contributed by atoms with E-state index in [-0.39, 0.29) is 11.2 Å². The molecule has 0 amide bonds. The minimum absolute atomic E-state index is 0.108. The largest absolute Gasteiger partial charge is 0.467 e. The molecule has 6 nitrogen and oxygen atoms in total. The molecule has 0 aromatic heterocycles. The third-order valence-electron chi connectivity index (χ3n) is 3.01. The van der Waals surface area contributed by atoms with Crippen molar-refractivity contribution in [1.29, 1.82) is 0 Å². The van der Waals surface area contributed by atoms with Gasteiger partial charge in [0.15, 0.2) is 6.10 Å². The fourth-order valence-electron chi connectivity index (χ4n) is 1.82. The first-order valence-corrected chi connectivity index (χ1v) is 8.08. The maximum Gasteiger partial charge on any atom is 0.339 e. The van der Waals surface area contributed by atoms with Gasteiger partial charge in [-0.25, -0.2) is 10.2 Å². The number of halogens is 1. The van der Waals surface area contributed by atoms with Crippen molar-refractivity contribution in [2.45, 2.75) is 65.7 Å². The Morgan fingerprint density at radius 2 is 1.91 bits per heavy atom. The molecule has 0 aliphatic carbocycles. The molecule has 0 aromatic carbocycles. The Morgan fingerprint density at radius 3 is 2.30 bits per heavy atom. The lowest BCUT2D eigenvalue weighted by molar-refractivity contribution is -0.158. The highest BCUT2D eigenvalue weighted by atomic mass is 35.5. The second kappa shape index (κ2) is 9.90. The van der Waals surface area contributed by atoms with Gasteiger partial charge in [-0.2, -0.15) is 0 Å². The number of carbonyl (C=O) groups is 1. The number of hydrogen-bond acceptors (Lipinski definition) is 6. The zero-order valence-corrected chi connectivity index (χ0v) is 16.2. The van der Waals surface area contributed by atoms with E-state index >= 15 is 0 Å². The van der Waals surface area contributed by atoms with Crippen LogP contribution in [0.3, 0.4) is 0 Å². The summed E-state index contributed by atoms with van der Waals surface area (Å²) in [6.07, 6.45) is -0.0915. The number of rotatable bonds is 8. The van der Waals surface area contributed by atoms with Crippen LogP contribution in [-0.2, 0) is 14.3 Å². The molecule has 134 valence electrons. The van der Waals surface area contributed by atoms with Gasteiger partial charge in [-0.1, -0.05) is 18.5 Å². The maximum atomic E-state index is 12.3. The molecule has 2 unspecified atom stereocenters. The molecule has 7 heteroatoms. The first-order chi connectivity index (χ1) is 10.6. The SMILES string of the molecule is CCC(C)N=C(C)/C(=C(/Cl)NNC)C(OC(C)(C)C)C(=O)OC. The Kier molecular flexibility index (Phi) is 9.42. The monoisotopic (exact) mass is 347 g/mol. The Labute approximate surface area is 144 Å². The van der Waals surface area contributed by atoms with Crippen LogP contribution in [0.15, 0.2) is 15.7 Å². The fraction of sp³-hybridized carbons (Fsp3) is 0.750. The third kappa shape index (κ3) is 7.81. The molecule has 0 radical (unpaired) electrons. The second-order valence-corrected chi connectivity index (χ2v) is 6.59. The lowest BCUT2D eigenvalue weighted by Crippen LogP contribution is -2.40. The normalized spacial score (nSPS) is 16.5. The minimum atomic E-state index is -0.971. The fourth-order valence-corrected chi connectivity index (χ4v) is 2.15. The van der Waals surface area contributed by atoms with Crippen LogP contribution in [0.25, 0.3) is 0 Å². The topological polar surface area (TPSA) is 72.0 Å². The highest BCUT2D eigenvalue weighted by molar-refractivity contribution is 6.32. The second-order valence-electron chi connectivity index (χ2n) is 6.21. The smallest absolute Gasteiger partial charge is 0.339 e. The zero-order valence-electron chi connectivity index (χ0n) is 15.4. The van der Waals surface area contributed by atoms with Crippen LogP contribution >= 0.6 is 11.6 Å². The van der Waals surface area contributed by atoms with Gasteiger partial charge in [-0.05, 0) is 41.0 Å². The maximum absolute atomic E-state index is 12.3. The van der Waals surface area contributed by atoms with Gasteiger partial charge in [-0.15, -0.1) is 0 Å². The third-order valence-corrected chi connectivity index (χ3v) is 3.31. The number of esters is 1. The van der Waals surface area contributed by atoms with Gasteiger partial charge in [0, 0.05) is 24.4 Å². The number of nitrogens with one attached hydrogen (secondary N) is 2. The highest BCUT2D eigenvalue weighted by Crippen LogP contribution is 2.23. The Balaban J connectivity index is 6.00. The molecule has 0 saturated carbocycles. The molecular weight excluding hydrogens is 318 g/mol. The van der Waals surface area contributed by atoms with E-state index in [1.807, 2.05) is 41.5 Å². The van der Waals surface area contributed by atoms with Crippen LogP contribution in [0.2, 0.25) is 0 Å². The van der Waals surface area contributed by atoms with Gasteiger partial charge in [0.25, 0.3) is 0 Å². The summed E-state index contributed by atoms with van der Waals surface area (Å²) in [7, 11) is 3.00. The predicted molar refractivity (Wildman–Crippen MR) is 94.6 cm³/mol. The molecule has 0 saturated heterocycles. The highest BCUT2D eigenvalue weighted by Gasteiger charge is 2.33. The Morgan fingerprint density at radius 1 is 1.35 bits per heavy atom. The first kappa shape index (κ1) is 21.9. The van der Waals surface area contributed by atoms with Gasteiger partial charge in [0.05, 0.1) is 12.7 Å². The predicted octanol–water partition coefficient (Wildman–Crippen LogP) is 2.78. The molecule has 23 heavy (non-hydrogen) atoms. The molecule has 0 aromatic rings. The van der Waals surface area contributed by atoms with Crippen molar-refractivity contribution < 1.29 is 14.3 Å². The summed E-state index contributed by atoms with van der Waals surface area (Å²) < 4.78 is 10.8. The van der Waals surface area contributed by atoms with E-state index in [0.717, 1.165) is 6.42 Å². The molecule has 0 aliphatic heterocycles. The molecule has 0 fully saturated rings. The van der Waals surface area contributed by atoms with Gasteiger partial charge in [-0.3, -0.25) is 4.99 Å². The molecule has 0 spiro atoms. The van der Waals surface area contributed by atoms with E-state index in [0.29, 0.717) is 11.3 Å². The van der Waals surface area contributed by atoms with E-state index in [9.17, 15) is 4.79 Å². The van der Waals surface area contributed by atoms with E-state index in [1.165, 1.54) is 7.11 Å². The molecular formula is C16H30ClN3O3. The van der Waals surface area contributed by atoms with Crippen molar-refractivity contribution in [2.75, 3.05) is 14.2 Å². The number of hydrogen-bond donors (Lipinski definition) is 2. The summed E-state index contributed by atoms with van der Waals surface area (Å²) >= 11 is 6.33. The summed E-state index contributed by atoms with van der Waals surface area (Å²) in [6, 6.07) is 0.108. The van der Waals surface area contributed by atoms with Crippen LogP contribution in [0, 0.1) is 0 Å². The van der Waals surface area contributed by atoms with Crippen LogP contribution in [0.4, 0.5) is 0 Å². The molecule has 0 aliphatic rings. The molecule has 0 rings (SSSR count). The number of methoxy groups -OCH3 is 1. The molecule has 2 atom stereocenters. The van der Waals surface area contributed by atoms with E-state index in [1.54, 1.807) is 7.05 Å². The lowest BCUT2D eigenvalue weighted by Gasteiger charge is -2.28. The molecule has 0 bridgehead atoms. The van der Waals surface area contributed by atoms with Crippen molar-refractivity contribution >= 4 is 23.3 Å². The van der Waals surface area contributed by atoms with Gasteiger partial charge >= 0.3 is 5.97 Å². The number of hydrazine groups is 1. The van der Waals surface area contributed by atoms with Crippen LogP contribution in [0.1, 0.15) is 48.0 Å². The molecule has 2 N–H and O–H groups in total. The quantitative estimate of drug-likeness (QED) is 0.306. The summed E-state index contributed by atoms with van der Waals surface area (Å²) in [6.45, 7) is 11.4. The van der Waals surface area contributed by atoms with Crippen molar-refractivity contribution in [2.24, 2.45) is 4.99 Å². The number of ether oxygens (including phenoxy) is 2. The number of carbonyl (C=O) groups excluding carboxylic acids is 1. The van der Waals surface area contributed by atoms with Crippen molar-refractivity contribution in [3.8, 4) is 0 Å². The van der Waals surface area contributed by atoms with Crippen molar-refractivity contribution in [3.05, 3.63) is 10.7 Å². The average molecular weight is 348 g/mol. The van der Waals surface area contributed by atoms with Crippen LogP contribution in [0.5, 0.6) is 0 Å². The van der Waals surface area contributed by atoms with Gasteiger partial charge in [0.2, 0.25) is 0 Å².